The van der Waals surface area contributed by atoms with Gasteiger partial charge in [0, 0.05) is 28.5 Å². The van der Waals surface area contributed by atoms with Crippen molar-refractivity contribution in [3.63, 3.8) is 0 Å². The standard InChI is InChI=1S/C10H12Cl3N/c1-7(5-11)14-6-8-4-9(12)2-3-10(8)13/h2-4,7,14H,5-6H2,1H3. The van der Waals surface area contributed by atoms with Gasteiger partial charge in [-0.05, 0) is 30.7 Å². The molecule has 0 aliphatic carbocycles. The van der Waals surface area contributed by atoms with Crippen molar-refractivity contribution < 1.29 is 0 Å². The highest BCUT2D eigenvalue weighted by Crippen LogP contribution is 2.20. The van der Waals surface area contributed by atoms with Crippen LogP contribution in [0.15, 0.2) is 18.2 Å². The molecular weight excluding hydrogens is 240 g/mol. The first-order valence-corrected chi connectivity index (χ1v) is 5.66. The lowest BCUT2D eigenvalue weighted by molar-refractivity contribution is 0.593. The quantitative estimate of drug-likeness (QED) is 0.806. The number of benzene rings is 1. The molecule has 4 heteroatoms. The van der Waals surface area contributed by atoms with E-state index in [1.807, 2.05) is 13.0 Å². The molecule has 0 saturated heterocycles. The Hall–Kier alpha value is 0.0500. The molecule has 0 saturated carbocycles. The Balaban J connectivity index is 2.62. The third kappa shape index (κ3) is 3.66. The average molecular weight is 253 g/mol. The van der Waals surface area contributed by atoms with Crippen LogP contribution < -0.4 is 5.32 Å². The fourth-order valence-electron chi connectivity index (χ4n) is 1.02. The van der Waals surface area contributed by atoms with Crippen molar-refractivity contribution in [3.8, 4) is 0 Å². The molecule has 1 nitrogen and oxygen atoms in total. The Kier molecular flexibility index (Phi) is 5.04. The molecule has 0 aromatic heterocycles. The lowest BCUT2D eigenvalue weighted by Gasteiger charge is -2.11. The van der Waals surface area contributed by atoms with Crippen LogP contribution in [0.3, 0.4) is 0 Å². The van der Waals surface area contributed by atoms with Crippen LogP contribution in [-0.4, -0.2) is 11.9 Å². The van der Waals surface area contributed by atoms with Crippen LogP contribution >= 0.6 is 34.8 Å². The minimum atomic E-state index is 0.270. The molecule has 1 atom stereocenters. The monoisotopic (exact) mass is 251 g/mol. The summed E-state index contributed by atoms with van der Waals surface area (Å²) in [5.74, 6) is 0.582. The van der Waals surface area contributed by atoms with Gasteiger partial charge in [0.05, 0.1) is 0 Å². The molecule has 1 rings (SSSR count). The van der Waals surface area contributed by atoms with E-state index in [9.17, 15) is 0 Å². The molecule has 0 spiro atoms. The van der Waals surface area contributed by atoms with E-state index in [-0.39, 0.29) is 6.04 Å². The average Bonchev–Trinajstić information content (AvgIpc) is 2.19. The molecule has 1 N–H and O–H groups in total. The zero-order valence-corrected chi connectivity index (χ0v) is 10.1. The lowest BCUT2D eigenvalue weighted by Crippen LogP contribution is -2.26. The molecule has 0 aliphatic rings. The van der Waals surface area contributed by atoms with Gasteiger partial charge >= 0.3 is 0 Å². The van der Waals surface area contributed by atoms with Gasteiger partial charge in [0.25, 0.3) is 0 Å². The van der Waals surface area contributed by atoms with Gasteiger partial charge in [0.2, 0.25) is 0 Å². The van der Waals surface area contributed by atoms with Crippen LogP contribution in [0.4, 0.5) is 0 Å². The van der Waals surface area contributed by atoms with E-state index in [4.69, 9.17) is 34.8 Å². The highest BCUT2D eigenvalue weighted by atomic mass is 35.5. The third-order valence-electron chi connectivity index (χ3n) is 1.88. The maximum Gasteiger partial charge on any atom is 0.0451 e. The lowest BCUT2D eigenvalue weighted by atomic mass is 10.2. The van der Waals surface area contributed by atoms with E-state index in [1.54, 1.807) is 12.1 Å². The molecule has 14 heavy (non-hydrogen) atoms. The largest absolute Gasteiger partial charge is 0.309 e. The molecule has 0 radical (unpaired) electrons. The van der Waals surface area contributed by atoms with Crippen LogP contribution in [0, 0.1) is 0 Å². The molecule has 0 aliphatic heterocycles. The first-order chi connectivity index (χ1) is 6.63. The molecule has 0 fully saturated rings. The minimum Gasteiger partial charge on any atom is -0.309 e. The van der Waals surface area contributed by atoms with Gasteiger partial charge in [-0.2, -0.15) is 0 Å². The van der Waals surface area contributed by atoms with Gasteiger partial charge < -0.3 is 5.32 Å². The normalized spacial score (nSPS) is 12.9. The zero-order chi connectivity index (χ0) is 10.6. The van der Waals surface area contributed by atoms with Crippen molar-refractivity contribution in [2.75, 3.05) is 5.88 Å². The summed E-state index contributed by atoms with van der Waals surface area (Å²) in [4.78, 5) is 0. The predicted molar refractivity (Wildman–Crippen MR) is 63.5 cm³/mol. The van der Waals surface area contributed by atoms with Crippen LogP contribution in [-0.2, 0) is 6.54 Å². The third-order valence-corrected chi connectivity index (χ3v) is 2.95. The first-order valence-electron chi connectivity index (χ1n) is 4.36. The van der Waals surface area contributed by atoms with Gasteiger partial charge in [-0.15, -0.1) is 11.6 Å². The summed E-state index contributed by atoms with van der Waals surface area (Å²) in [5.41, 5.74) is 0.996. The minimum absolute atomic E-state index is 0.270. The second-order valence-electron chi connectivity index (χ2n) is 3.17. The van der Waals surface area contributed by atoms with Gasteiger partial charge in [-0.3, -0.25) is 0 Å². The second kappa shape index (κ2) is 5.82. The molecule has 78 valence electrons. The van der Waals surface area contributed by atoms with E-state index < -0.39 is 0 Å². The smallest absolute Gasteiger partial charge is 0.0451 e. The summed E-state index contributed by atoms with van der Waals surface area (Å²) < 4.78 is 0. The Labute approximate surface area is 99.4 Å². The van der Waals surface area contributed by atoms with Crippen LogP contribution in [0.25, 0.3) is 0 Å². The summed E-state index contributed by atoms with van der Waals surface area (Å²) in [6, 6.07) is 5.70. The number of rotatable bonds is 4. The second-order valence-corrected chi connectivity index (χ2v) is 4.32. The van der Waals surface area contributed by atoms with E-state index >= 15 is 0 Å². The Morgan fingerprint density at radius 1 is 1.36 bits per heavy atom. The molecular formula is C10H12Cl3N. The molecule has 0 heterocycles. The van der Waals surface area contributed by atoms with E-state index in [0.29, 0.717) is 17.4 Å². The first kappa shape index (κ1) is 12.1. The SMILES string of the molecule is CC(CCl)NCc1cc(Cl)ccc1Cl. The van der Waals surface area contributed by atoms with Gasteiger partial charge in [0.1, 0.15) is 0 Å². The number of halogens is 3. The predicted octanol–water partition coefficient (Wildman–Crippen LogP) is 3.71. The topological polar surface area (TPSA) is 12.0 Å². The van der Waals surface area contributed by atoms with Crippen molar-refractivity contribution in [2.24, 2.45) is 0 Å². The number of alkyl halides is 1. The molecule has 1 aromatic carbocycles. The number of nitrogens with one attached hydrogen (secondary N) is 1. The molecule has 1 unspecified atom stereocenters. The Morgan fingerprint density at radius 3 is 2.71 bits per heavy atom. The van der Waals surface area contributed by atoms with E-state index in [1.165, 1.54) is 0 Å². The Morgan fingerprint density at radius 2 is 2.07 bits per heavy atom. The fraction of sp³-hybridized carbons (Fsp3) is 0.400. The Bertz CT molecular complexity index is 301. The van der Waals surface area contributed by atoms with Crippen molar-refractivity contribution in [2.45, 2.75) is 19.5 Å². The maximum absolute atomic E-state index is 5.99. The van der Waals surface area contributed by atoms with Gasteiger partial charge in [-0.1, -0.05) is 23.2 Å². The summed E-state index contributed by atoms with van der Waals surface area (Å²) in [7, 11) is 0. The van der Waals surface area contributed by atoms with Gasteiger partial charge in [0.15, 0.2) is 0 Å². The van der Waals surface area contributed by atoms with Crippen molar-refractivity contribution in [3.05, 3.63) is 33.8 Å². The molecule has 1 aromatic rings. The van der Waals surface area contributed by atoms with Crippen molar-refractivity contribution in [1.29, 1.82) is 0 Å². The molecule has 0 amide bonds. The summed E-state index contributed by atoms with van der Waals surface area (Å²) in [6.45, 7) is 2.71. The maximum atomic E-state index is 5.99. The summed E-state index contributed by atoms with van der Waals surface area (Å²) >= 11 is 17.5. The van der Waals surface area contributed by atoms with Gasteiger partial charge in [-0.25, -0.2) is 0 Å². The number of hydrogen-bond acceptors (Lipinski definition) is 1. The summed E-state index contributed by atoms with van der Waals surface area (Å²) in [5, 5.41) is 4.67. The zero-order valence-electron chi connectivity index (χ0n) is 7.86. The fourth-order valence-corrected chi connectivity index (χ4v) is 1.51. The highest BCUT2D eigenvalue weighted by molar-refractivity contribution is 6.33. The number of hydrogen-bond donors (Lipinski definition) is 1. The summed E-state index contributed by atoms with van der Waals surface area (Å²) in [6.07, 6.45) is 0. The van der Waals surface area contributed by atoms with Crippen LogP contribution in [0.1, 0.15) is 12.5 Å². The van der Waals surface area contributed by atoms with E-state index in [2.05, 4.69) is 5.32 Å². The van der Waals surface area contributed by atoms with Crippen LogP contribution in [0.2, 0.25) is 10.0 Å². The van der Waals surface area contributed by atoms with Crippen molar-refractivity contribution >= 4 is 34.8 Å². The molecule has 0 bridgehead atoms. The van der Waals surface area contributed by atoms with Crippen molar-refractivity contribution in [1.82, 2.24) is 5.32 Å². The van der Waals surface area contributed by atoms with Crippen LogP contribution in [0.5, 0.6) is 0 Å². The van der Waals surface area contributed by atoms with E-state index in [0.717, 1.165) is 10.6 Å². The highest BCUT2D eigenvalue weighted by Gasteiger charge is 2.03.